The fourth-order valence-electron chi connectivity index (χ4n) is 1.95. The second-order valence-electron chi connectivity index (χ2n) is 4.59. The molecule has 0 aliphatic carbocycles. The molecule has 92 valence electrons. The van der Waals surface area contributed by atoms with E-state index in [-0.39, 0.29) is 17.7 Å². The normalized spacial score (nSPS) is 23.2. The maximum absolute atomic E-state index is 12.3. The Hall–Kier alpha value is -0.290. The van der Waals surface area contributed by atoms with E-state index in [0.29, 0.717) is 10.2 Å². The summed E-state index contributed by atoms with van der Waals surface area (Å²) < 4.78 is 0. The van der Waals surface area contributed by atoms with Gasteiger partial charge in [-0.25, -0.2) is 0 Å². The monoisotopic (exact) mass is 260 g/mol. The number of amides is 1. The molecule has 1 amide bonds. The molecule has 0 aromatic heterocycles. The topological polar surface area (TPSA) is 46.3 Å². The van der Waals surface area contributed by atoms with Crippen molar-refractivity contribution in [3.8, 4) is 0 Å². The number of thioether (sulfide) groups is 1. The van der Waals surface area contributed by atoms with Crippen LogP contribution < -0.4 is 5.73 Å². The van der Waals surface area contributed by atoms with Crippen LogP contribution in [0.4, 0.5) is 0 Å². The van der Waals surface area contributed by atoms with E-state index in [1.54, 1.807) is 0 Å². The van der Waals surface area contributed by atoms with Gasteiger partial charge in [0.2, 0.25) is 5.91 Å². The van der Waals surface area contributed by atoms with E-state index in [4.69, 9.17) is 18.0 Å². The van der Waals surface area contributed by atoms with Crippen molar-refractivity contribution < 1.29 is 4.79 Å². The van der Waals surface area contributed by atoms with Crippen LogP contribution in [0.5, 0.6) is 0 Å². The zero-order chi connectivity index (χ0) is 12.3. The molecule has 1 aliphatic heterocycles. The third-order valence-corrected chi connectivity index (χ3v) is 4.18. The second-order valence-corrected chi connectivity index (χ2v) is 6.61. The predicted molar refractivity (Wildman–Crippen MR) is 73.6 cm³/mol. The van der Waals surface area contributed by atoms with Crippen LogP contribution in [0.2, 0.25) is 0 Å². The van der Waals surface area contributed by atoms with Gasteiger partial charge in [0.05, 0.1) is 10.9 Å². The largest absolute Gasteiger partial charge is 0.393 e. The molecule has 0 aromatic carbocycles. The minimum atomic E-state index is -0.301. The standard InChI is InChI=1S/C11H20N2OS2/c1-7(2)9(10(12)15)11(14)13-4-5-16-8(3)6-13/h7-9H,4-6H2,1-3H3,(H2,12,15). The third kappa shape index (κ3) is 3.35. The highest BCUT2D eigenvalue weighted by atomic mass is 32.2. The summed E-state index contributed by atoms with van der Waals surface area (Å²) in [6, 6.07) is 0. The van der Waals surface area contributed by atoms with Gasteiger partial charge in [-0.3, -0.25) is 4.79 Å². The Bertz CT molecular complexity index is 281. The number of hydrogen-bond acceptors (Lipinski definition) is 3. The van der Waals surface area contributed by atoms with E-state index >= 15 is 0 Å². The lowest BCUT2D eigenvalue weighted by atomic mass is 9.94. The molecule has 0 saturated carbocycles. The predicted octanol–water partition coefficient (Wildman–Crippen LogP) is 1.51. The van der Waals surface area contributed by atoms with E-state index < -0.39 is 0 Å². The summed E-state index contributed by atoms with van der Waals surface area (Å²) in [5, 5.41) is 0.511. The van der Waals surface area contributed by atoms with E-state index in [1.165, 1.54) is 0 Å². The molecule has 2 atom stereocenters. The zero-order valence-electron chi connectivity index (χ0n) is 10.1. The first-order valence-corrected chi connectivity index (χ1v) is 7.09. The first kappa shape index (κ1) is 13.8. The van der Waals surface area contributed by atoms with Gasteiger partial charge in [-0.1, -0.05) is 33.0 Å². The molecular weight excluding hydrogens is 240 g/mol. The third-order valence-electron chi connectivity index (χ3n) is 2.79. The van der Waals surface area contributed by atoms with Crippen molar-refractivity contribution in [3.63, 3.8) is 0 Å². The van der Waals surface area contributed by atoms with Crippen molar-refractivity contribution >= 4 is 34.9 Å². The molecule has 0 spiro atoms. The van der Waals surface area contributed by atoms with Gasteiger partial charge in [-0.2, -0.15) is 11.8 Å². The van der Waals surface area contributed by atoms with Crippen LogP contribution in [0.1, 0.15) is 20.8 Å². The molecule has 0 bridgehead atoms. The highest BCUT2D eigenvalue weighted by molar-refractivity contribution is 7.99. The van der Waals surface area contributed by atoms with Crippen molar-refractivity contribution in [3.05, 3.63) is 0 Å². The molecule has 16 heavy (non-hydrogen) atoms. The maximum Gasteiger partial charge on any atom is 0.232 e. The average Bonchev–Trinajstić information content (AvgIpc) is 2.16. The number of carbonyl (C=O) groups excluding carboxylic acids is 1. The van der Waals surface area contributed by atoms with E-state index in [2.05, 4.69) is 6.92 Å². The number of nitrogens with two attached hydrogens (primary N) is 1. The van der Waals surface area contributed by atoms with Gasteiger partial charge in [-0.15, -0.1) is 0 Å². The van der Waals surface area contributed by atoms with E-state index in [0.717, 1.165) is 18.8 Å². The van der Waals surface area contributed by atoms with Crippen LogP contribution in [-0.2, 0) is 4.79 Å². The molecule has 1 aliphatic rings. The van der Waals surface area contributed by atoms with Crippen molar-refractivity contribution in [1.82, 2.24) is 4.90 Å². The number of thiocarbonyl (C=S) groups is 1. The Labute approximate surface area is 107 Å². The molecule has 0 radical (unpaired) electrons. The van der Waals surface area contributed by atoms with Crippen molar-refractivity contribution in [2.75, 3.05) is 18.8 Å². The number of carbonyl (C=O) groups is 1. The Morgan fingerprint density at radius 1 is 1.56 bits per heavy atom. The van der Waals surface area contributed by atoms with Crippen LogP contribution in [0.25, 0.3) is 0 Å². The number of hydrogen-bond donors (Lipinski definition) is 1. The fraction of sp³-hybridized carbons (Fsp3) is 0.818. The van der Waals surface area contributed by atoms with Gasteiger partial charge in [0.1, 0.15) is 0 Å². The van der Waals surface area contributed by atoms with Gasteiger partial charge in [-0.05, 0) is 5.92 Å². The lowest BCUT2D eigenvalue weighted by molar-refractivity contribution is -0.134. The molecule has 1 heterocycles. The zero-order valence-corrected chi connectivity index (χ0v) is 11.7. The van der Waals surface area contributed by atoms with Crippen molar-refractivity contribution in [2.45, 2.75) is 26.0 Å². The molecule has 2 N–H and O–H groups in total. The molecule has 1 saturated heterocycles. The molecule has 2 unspecified atom stereocenters. The lowest BCUT2D eigenvalue weighted by Gasteiger charge is -2.34. The second kappa shape index (κ2) is 5.87. The maximum atomic E-state index is 12.3. The van der Waals surface area contributed by atoms with Gasteiger partial charge in [0.15, 0.2) is 0 Å². The van der Waals surface area contributed by atoms with Crippen LogP contribution >= 0.6 is 24.0 Å². The highest BCUT2D eigenvalue weighted by Gasteiger charge is 2.31. The smallest absolute Gasteiger partial charge is 0.232 e. The summed E-state index contributed by atoms with van der Waals surface area (Å²) in [4.78, 5) is 14.5. The van der Waals surface area contributed by atoms with Gasteiger partial charge >= 0.3 is 0 Å². The molecular formula is C11H20N2OS2. The quantitative estimate of drug-likeness (QED) is 0.781. The van der Waals surface area contributed by atoms with Crippen LogP contribution in [0.3, 0.4) is 0 Å². The summed E-state index contributed by atoms with van der Waals surface area (Å²) in [7, 11) is 0. The summed E-state index contributed by atoms with van der Waals surface area (Å²) in [5.74, 6) is 0.990. The van der Waals surface area contributed by atoms with Crippen LogP contribution in [0, 0.1) is 11.8 Å². The van der Waals surface area contributed by atoms with Crippen molar-refractivity contribution in [1.29, 1.82) is 0 Å². The first-order valence-electron chi connectivity index (χ1n) is 5.63. The van der Waals surface area contributed by atoms with Gasteiger partial charge in [0, 0.05) is 24.1 Å². The molecule has 1 fully saturated rings. The SMILES string of the molecule is CC1CN(C(=O)C(C(N)=S)C(C)C)CCS1. The lowest BCUT2D eigenvalue weighted by Crippen LogP contribution is -2.48. The van der Waals surface area contributed by atoms with Crippen LogP contribution in [-0.4, -0.2) is 39.9 Å². The van der Waals surface area contributed by atoms with Gasteiger partial charge in [0.25, 0.3) is 0 Å². The minimum Gasteiger partial charge on any atom is -0.393 e. The van der Waals surface area contributed by atoms with Gasteiger partial charge < -0.3 is 10.6 Å². The first-order chi connectivity index (χ1) is 7.43. The summed E-state index contributed by atoms with van der Waals surface area (Å²) in [5.41, 5.74) is 5.66. The van der Waals surface area contributed by atoms with E-state index in [9.17, 15) is 4.79 Å². The van der Waals surface area contributed by atoms with E-state index in [1.807, 2.05) is 30.5 Å². The number of rotatable bonds is 3. The molecule has 0 aromatic rings. The minimum absolute atomic E-state index is 0.106. The Morgan fingerprint density at radius 3 is 2.62 bits per heavy atom. The Balaban J connectivity index is 2.70. The summed E-state index contributed by atoms with van der Waals surface area (Å²) in [6.45, 7) is 7.76. The summed E-state index contributed by atoms with van der Waals surface area (Å²) >= 11 is 6.90. The fourth-order valence-corrected chi connectivity index (χ4v) is 3.34. The Kier molecular flexibility index (Phi) is 5.05. The van der Waals surface area contributed by atoms with Crippen molar-refractivity contribution in [2.24, 2.45) is 17.6 Å². The summed E-state index contributed by atoms with van der Waals surface area (Å²) in [6.07, 6.45) is 0. The molecule has 3 nitrogen and oxygen atoms in total. The molecule has 5 heteroatoms. The van der Waals surface area contributed by atoms with Crippen LogP contribution in [0.15, 0.2) is 0 Å². The molecule has 1 rings (SSSR count). The number of nitrogens with zero attached hydrogens (tertiary/aromatic N) is 1. The Morgan fingerprint density at radius 2 is 2.19 bits per heavy atom. The highest BCUT2D eigenvalue weighted by Crippen LogP contribution is 2.22. The average molecular weight is 260 g/mol.